The van der Waals surface area contributed by atoms with Crippen LogP contribution < -0.4 is 4.90 Å². The number of rotatable bonds is 3. The molecule has 0 aromatic heterocycles. The van der Waals surface area contributed by atoms with Gasteiger partial charge in [-0.05, 0) is 18.6 Å². The van der Waals surface area contributed by atoms with Crippen molar-refractivity contribution in [3.05, 3.63) is 43.3 Å². The maximum Gasteiger partial charge on any atom is 0.212 e. The van der Waals surface area contributed by atoms with Crippen molar-refractivity contribution in [2.45, 2.75) is 13.3 Å². The van der Waals surface area contributed by atoms with Gasteiger partial charge in [0.25, 0.3) is 0 Å². The smallest absolute Gasteiger partial charge is 0.212 e. The molecule has 0 spiro atoms. The van der Waals surface area contributed by atoms with E-state index in [1.165, 1.54) is 0 Å². The highest BCUT2D eigenvalue weighted by Crippen LogP contribution is 2.30. The Bertz CT molecular complexity index is 362. The summed E-state index contributed by atoms with van der Waals surface area (Å²) in [6.07, 6.45) is 4.92. The molecule has 1 N–H and O–H groups in total. The number of hydrogen-bond donors (Lipinski definition) is 1. The minimum absolute atomic E-state index is 0.271. The number of nitrogens with zero attached hydrogens (tertiary/aromatic N) is 2. The Kier molecular flexibility index (Phi) is 2.81. The molecule has 0 amide bonds. The van der Waals surface area contributed by atoms with E-state index in [1.54, 1.807) is 11.0 Å². The van der Waals surface area contributed by atoms with Crippen molar-refractivity contribution in [1.29, 1.82) is 0 Å². The summed E-state index contributed by atoms with van der Waals surface area (Å²) in [5.74, 6) is 0.271. The number of aromatic hydroxyl groups is 1. The summed E-state index contributed by atoms with van der Waals surface area (Å²) < 4.78 is 0. The molecule has 2 radical (unpaired) electrons. The van der Waals surface area contributed by atoms with Gasteiger partial charge in [-0.2, -0.15) is 0 Å². The summed E-state index contributed by atoms with van der Waals surface area (Å²) in [5, 5.41) is 9.65. The van der Waals surface area contributed by atoms with Crippen molar-refractivity contribution in [2.75, 3.05) is 11.4 Å². The van der Waals surface area contributed by atoms with Crippen LogP contribution in [-0.2, 0) is 0 Å². The zero-order chi connectivity index (χ0) is 10.7. The highest BCUT2D eigenvalue weighted by molar-refractivity contribution is 5.61. The van der Waals surface area contributed by atoms with Gasteiger partial charge in [-0.3, -0.25) is 0 Å². The standard InChI is InChI=1S/C12H14N2O/c1-2-7-13-8-9-14(10-13)11-5-3-4-6-12(11)15/h3-6,8-9,15H,2,7H2,1H3. The molecule has 0 saturated carbocycles. The fourth-order valence-electron chi connectivity index (χ4n) is 1.52. The second-order valence-corrected chi connectivity index (χ2v) is 3.45. The van der Waals surface area contributed by atoms with Crippen molar-refractivity contribution in [3.8, 4) is 5.75 Å². The zero-order valence-corrected chi connectivity index (χ0v) is 8.72. The van der Waals surface area contributed by atoms with E-state index in [-0.39, 0.29) is 5.75 Å². The van der Waals surface area contributed by atoms with E-state index in [4.69, 9.17) is 0 Å². The lowest BCUT2D eigenvalue weighted by Gasteiger charge is -2.18. The van der Waals surface area contributed by atoms with Gasteiger partial charge in [0.15, 0.2) is 0 Å². The Hall–Kier alpha value is -1.64. The van der Waals surface area contributed by atoms with E-state index < -0.39 is 0 Å². The Morgan fingerprint density at radius 1 is 1.27 bits per heavy atom. The number of phenolic OH excluding ortho intramolecular Hbond substituents is 1. The lowest BCUT2D eigenvalue weighted by Crippen LogP contribution is -2.19. The van der Waals surface area contributed by atoms with Crippen LogP contribution in [0.4, 0.5) is 5.69 Å². The Balaban J connectivity index is 2.09. The Morgan fingerprint density at radius 2 is 2.07 bits per heavy atom. The summed E-state index contributed by atoms with van der Waals surface area (Å²) in [7, 11) is 0. The molecule has 15 heavy (non-hydrogen) atoms. The monoisotopic (exact) mass is 202 g/mol. The molecule has 1 aromatic carbocycles. The van der Waals surface area contributed by atoms with Crippen LogP contribution in [0.1, 0.15) is 13.3 Å². The van der Waals surface area contributed by atoms with Crippen molar-refractivity contribution in [2.24, 2.45) is 0 Å². The van der Waals surface area contributed by atoms with E-state index in [0.29, 0.717) is 0 Å². The predicted octanol–water partition coefficient (Wildman–Crippen LogP) is 2.39. The summed E-state index contributed by atoms with van der Waals surface area (Å²) in [6.45, 7) is 6.21. The highest BCUT2D eigenvalue weighted by atomic mass is 16.3. The number of anilines is 1. The van der Waals surface area contributed by atoms with Crippen molar-refractivity contribution < 1.29 is 5.11 Å². The number of benzene rings is 1. The molecule has 2 rings (SSSR count). The normalized spacial score (nSPS) is 15.0. The van der Waals surface area contributed by atoms with Crippen LogP contribution in [0, 0.1) is 6.67 Å². The molecule has 1 aromatic rings. The molecule has 0 saturated heterocycles. The molecule has 0 aliphatic carbocycles. The average molecular weight is 202 g/mol. The highest BCUT2D eigenvalue weighted by Gasteiger charge is 2.17. The molecule has 0 bridgehead atoms. The van der Waals surface area contributed by atoms with Gasteiger partial charge >= 0.3 is 0 Å². The topological polar surface area (TPSA) is 26.7 Å². The second kappa shape index (κ2) is 4.26. The molecular weight excluding hydrogens is 188 g/mol. The van der Waals surface area contributed by atoms with Gasteiger partial charge in [0.2, 0.25) is 6.67 Å². The molecular formula is C12H14N2O. The summed E-state index contributed by atoms with van der Waals surface area (Å²) in [6, 6.07) is 7.24. The molecule has 1 heterocycles. The minimum Gasteiger partial charge on any atom is -0.506 e. The molecule has 78 valence electrons. The third-order valence-electron chi connectivity index (χ3n) is 2.24. The SMILES string of the molecule is CCCN1[C]N(c2ccccc2O)C=C1. The maximum absolute atomic E-state index is 9.65. The first-order valence-corrected chi connectivity index (χ1v) is 5.09. The second-order valence-electron chi connectivity index (χ2n) is 3.45. The summed E-state index contributed by atoms with van der Waals surface area (Å²) in [5.41, 5.74) is 0.757. The van der Waals surface area contributed by atoms with E-state index in [1.807, 2.05) is 35.5 Å². The molecule has 3 heteroatoms. The van der Waals surface area contributed by atoms with Crippen LogP contribution in [0.15, 0.2) is 36.7 Å². The van der Waals surface area contributed by atoms with Crippen LogP contribution in [-0.4, -0.2) is 16.6 Å². The van der Waals surface area contributed by atoms with Gasteiger partial charge in [0, 0.05) is 18.9 Å². The third kappa shape index (κ3) is 2.06. The molecule has 3 nitrogen and oxygen atoms in total. The number of phenols is 1. The number of para-hydroxylation sites is 2. The van der Waals surface area contributed by atoms with E-state index >= 15 is 0 Å². The van der Waals surface area contributed by atoms with E-state index in [0.717, 1.165) is 18.7 Å². The molecule has 0 atom stereocenters. The van der Waals surface area contributed by atoms with Crippen molar-refractivity contribution >= 4 is 5.69 Å². The summed E-state index contributed by atoms with van der Waals surface area (Å²) in [4.78, 5) is 3.78. The van der Waals surface area contributed by atoms with E-state index in [2.05, 4.69) is 13.6 Å². The Labute approximate surface area is 90.2 Å². The van der Waals surface area contributed by atoms with E-state index in [9.17, 15) is 5.11 Å². The van der Waals surface area contributed by atoms with Crippen LogP contribution in [0.3, 0.4) is 0 Å². The van der Waals surface area contributed by atoms with Crippen LogP contribution in [0.5, 0.6) is 5.75 Å². The first kappa shape index (κ1) is 9.90. The molecule has 1 aliphatic heterocycles. The minimum atomic E-state index is 0.271. The predicted molar refractivity (Wildman–Crippen MR) is 60.0 cm³/mol. The summed E-state index contributed by atoms with van der Waals surface area (Å²) >= 11 is 0. The lowest BCUT2D eigenvalue weighted by atomic mass is 10.3. The fourth-order valence-corrected chi connectivity index (χ4v) is 1.52. The van der Waals surface area contributed by atoms with Gasteiger partial charge < -0.3 is 14.9 Å². The van der Waals surface area contributed by atoms with Gasteiger partial charge in [-0.1, -0.05) is 19.1 Å². The lowest BCUT2D eigenvalue weighted by molar-refractivity contribution is 0.458. The quantitative estimate of drug-likeness (QED) is 0.815. The van der Waals surface area contributed by atoms with Crippen molar-refractivity contribution in [3.63, 3.8) is 0 Å². The molecule has 0 fully saturated rings. The molecule has 0 unspecified atom stereocenters. The van der Waals surface area contributed by atoms with Crippen LogP contribution >= 0.6 is 0 Å². The van der Waals surface area contributed by atoms with Crippen LogP contribution in [0.2, 0.25) is 0 Å². The first-order chi connectivity index (χ1) is 7.31. The Morgan fingerprint density at radius 3 is 2.80 bits per heavy atom. The first-order valence-electron chi connectivity index (χ1n) is 5.09. The third-order valence-corrected chi connectivity index (χ3v) is 2.24. The maximum atomic E-state index is 9.65. The average Bonchev–Trinajstić information content (AvgIpc) is 2.68. The van der Waals surface area contributed by atoms with Crippen molar-refractivity contribution in [1.82, 2.24) is 4.90 Å². The zero-order valence-electron chi connectivity index (χ0n) is 8.72. The largest absolute Gasteiger partial charge is 0.506 e. The van der Waals surface area contributed by atoms with Gasteiger partial charge in [-0.25, -0.2) is 0 Å². The van der Waals surface area contributed by atoms with Gasteiger partial charge in [-0.15, -0.1) is 0 Å². The fraction of sp³-hybridized carbons (Fsp3) is 0.250. The van der Waals surface area contributed by atoms with Gasteiger partial charge in [0.1, 0.15) is 5.75 Å². The number of hydrogen-bond acceptors (Lipinski definition) is 3. The molecule has 1 aliphatic rings. The van der Waals surface area contributed by atoms with Crippen LogP contribution in [0.25, 0.3) is 0 Å². The van der Waals surface area contributed by atoms with Gasteiger partial charge in [0.05, 0.1) is 5.69 Å².